The standard InChI is InChI=1S/C22H31N3O5/c1-6-22(19(26)27)17-14-24(20(28)30-21(2,3)4)12-11-18(17)25(23-22)13-15-7-9-16(29-5)10-8-15/h7-10,23H,6,11-14H2,1-5H3,(H,26,27). The Hall–Kier alpha value is -2.74. The second-order valence-electron chi connectivity index (χ2n) is 8.69. The van der Waals surface area contributed by atoms with E-state index < -0.39 is 23.2 Å². The van der Waals surface area contributed by atoms with E-state index in [4.69, 9.17) is 9.47 Å². The zero-order valence-electron chi connectivity index (χ0n) is 18.3. The fourth-order valence-corrected chi connectivity index (χ4v) is 3.95. The fraction of sp³-hybridized carbons (Fsp3) is 0.545. The van der Waals surface area contributed by atoms with Crippen molar-refractivity contribution < 1.29 is 24.2 Å². The number of carboxylic acid groups (broad SMARTS) is 1. The van der Waals surface area contributed by atoms with E-state index in [9.17, 15) is 14.7 Å². The average Bonchev–Trinajstić information content (AvgIpc) is 3.01. The van der Waals surface area contributed by atoms with E-state index in [0.717, 1.165) is 22.6 Å². The van der Waals surface area contributed by atoms with Gasteiger partial charge in [-0.3, -0.25) is 0 Å². The number of hydrogen-bond donors (Lipinski definition) is 2. The smallest absolute Gasteiger partial charge is 0.410 e. The van der Waals surface area contributed by atoms with Crippen molar-refractivity contribution >= 4 is 12.1 Å². The lowest BCUT2D eigenvalue weighted by molar-refractivity contribution is -0.144. The van der Waals surface area contributed by atoms with Crippen LogP contribution in [0.5, 0.6) is 5.75 Å². The Kier molecular flexibility index (Phi) is 5.99. The molecule has 1 atom stereocenters. The van der Waals surface area contributed by atoms with Crippen LogP contribution in [-0.2, 0) is 16.1 Å². The highest BCUT2D eigenvalue weighted by molar-refractivity contribution is 5.85. The third-order valence-corrected chi connectivity index (χ3v) is 5.53. The Bertz CT molecular complexity index is 843. The molecular formula is C22H31N3O5. The molecule has 8 heteroatoms. The Labute approximate surface area is 177 Å². The van der Waals surface area contributed by atoms with Crippen LogP contribution in [0.2, 0.25) is 0 Å². The second kappa shape index (κ2) is 8.18. The first-order valence-electron chi connectivity index (χ1n) is 10.2. The van der Waals surface area contributed by atoms with Gasteiger partial charge in [0.2, 0.25) is 0 Å². The van der Waals surface area contributed by atoms with Crippen molar-refractivity contribution in [3.05, 3.63) is 41.1 Å². The largest absolute Gasteiger partial charge is 0.497 e. The van der Waals surface area contributed by atoms with Crippen LogP contribution in [0, 0.1) is 0 Å². The molecule has 164 valence electrons. The van der Waals surface area contributed by atoms with Crippen molar-refractivity contribution in [3.63, 3.8) is 0 Å². The number of amides is 1. The van der Waals surface area contributed by atoms with Crippen LogP contribution in [-0.4, -0.2) is 58.4 Å². The maximum Gasteiger partial charge on any atom is 0.410 e. The molecule has 2 heterocycles. The van der Waals surface area contributed by atoms with E-state index in [1.165, 1.54) is 0 Å². The summed E-state index contributed by atoms with van der Waals surface area (Å²) in [6, 6.07) is 7.69. The minimum Gasteiger partial charge on any atom is -0.497 e. The van der Waals surface area contributed by atoms with Gasteiger partial charge in [-0.2, -0.15) is 0 Å². The SMILES string of the molecule is CCC1(C(=O)O)NN(Cc2ccc(OC)cc2)C2=C1CN(C(=O)OC(C)(C)C)CC2. The Morgan fingerprint density at radius 1 is 1.23 bits per heavy atom. The molecule has 0 saturated carbocycles. The third kappa shape index (κ3) is 4.23. The van der Waals surface area contributed by atoms with Gasteiger partial charge in [0.05, 0.1) is 13.7 Å². The topological polar surface area (TPSA) is 91.3 Å². The van der Waals surface area contributed by atoms with Crippen LogP contribution < -0.4 is 10.2 Å². The van der Waals surface area contributed by atoms with Gasteiger partial charge in [0, 0.05) is 30.8 Å². The number of nitrogens with one attached hydrogen (secondary N) is 1. The summed E-state index contributed by atoms with van der Waals surface area (Å²) in [7, 11) is 1.62. The first-order chi connectivity index (χ1) is 14.1. The molecule has 2 aliphatic rings. The summed E-state index contributed by atoms with van der Waals surface area (Å²) >= 11 is 0. The van der Waals surface area contributed by atoms with Gasteiger partial charge in [0.1, 0.15) is 11.4 Å². The molecule has 30 heavy (non-hydrogen) atoms. The van der Waals surface area contributed by atoms with Crippen molar-refractivity contribution in [1.29, 1.82) is 0 Å². The molecule has 0 saturated heterocycles. The lowest BCUT2D eigenvalue weighted by Gasteiger charge is -2.34. The Balaban J connectivity index is 1.87. The van der Waals surface area contributed by atoms with E-state index in [2.05, 4.69) is 5.43 Å². The third-order valence-electron chi connectivity index (χ3n) is 5.53. The first kappa shape index (κ1) is 22.0. The van der Waals surface area contributed by atoms with Crippen LogP contribution in [0.3, 0.4) is 0 Å². The molecule has 2 aliphatic heterocycles. The molecule has 1 aromatic rings. The van der Waals surface area contributed by atoms with Crippen molar-refractivity contribution in [2.75, 3.05) is 20.2 Å². The Morgan fingerprint density at radius 3 is 2.43 bits per heavy atom. The maximum atomic E-state index is 12.6. The molecule has 1 aromatic carbocycles. The van der Waals surface area contributed by atoms with Gasteiger partial charge in [-0.1, -0.05) is 19.1 Å². The predicted molar refractivity (Wildman–Crippen MR) is 112 cm³/mol. The molecule has 0 bridgehead atoms. The number of nitrogens with zero attached hydrogens (tertiary/aromatic N) is 2. The molecule has 1 amide bonds. The molecule has 3 rings (SSSR count). The van der Waals surface area contributed by atoms with Gasteiger partial charge in [-0.05, 0) is 44.9 Å². The number of carboxylic acids is 1. The van der Waals surface area contributed by atoms with E-state index >= 15 is 0 Å². The van der Waals surface area contributed by atoms with E-state index in [1.807, 2.05) is 57.0 Å². The molecule has 0 aromatic heterocycles. The fourth-order valence-electron chi connectivity index (χ4n) is 3.95. The minimum atomic E-state index is -1.23. The molecule has 0 radical (unpaired) electrons. The number of carbonyl (C=O) groups is 2. The van der Waals surface area contributed by atoms with Crippen LogP contribution in [0.4, 0.5) is 4.79 Å². The highest BCUT2D eigenvalue weighted by Gasteiger charge is 2.51. The van der Waals surface area contributed by atoms with Gasteiger partial charge in [-0.15, -0.1) is 0 Å². The van der Waals surface area contributed by atoms with Gasteiger partial charge in [-0.25, -0.2) is 15.0 Å². The number of methoxy groups -OCH3 is 1. The zero-order valence-corrected chi connectivity index (χ0v) is 18.3. The predicted octanol–water partition coefficient (Wildman–Crippen LogP) is 3.14. The lowest BCUT2D eigenvalue weighted by Crippen LogP contribution is -2.55. The molecule has 0 aliphatic carbocycles. The van der Waals surface area contributed by atoms with Crippen LogP contribution in [0.25, 0.3) is 0 Å². The monoisotopic (exact) mass is 417 g/mol. The van der Waals surface area contributed by atoms with E-state index in [-0.39, 0.29) is 6.54 Å². The van der Waals surface area contributed by atoms with E-state index in [0.29, 0.717) is 25.9 Å². The summed E-state index contributed by atoms with van der Waals surface area (Å²) in [5.41, 5.74) is 4.09. The molecule has 8 nitrogen and oxygen atoms in total. The zero-order chi connectivity index (χ0) is 22.1. The van der Waals surface area contributed by atoms with Crippen molar-refractivity contribution in [2.24, 2.45) is 0 Å². The van der Waals surface area contributed by atoms with Crippen molar-refractivity contribution in [2.45, 2.75) is 58.2 Å². The number of hydrazine groups is 1. The molecular weight excluding hydrogens is 386 g/mol. The molecule has 1 unspecified atom stereocenters. The normalized spacial score (nSPS) is 21.5. The lowest BCUT2D eigenvalue weighted by atomic mass is 9.85. The number of carbonyl (C=O) groups excluding carboxylic acids is 1. The highest BCUT2D eigenvalue weighted by Crippen LogP contribution is 2.38. The summed E-state index contributed by atoms with van der Waals surface area (Å²) in [5, 5.41) is 12.0. The highest BCUT2D eigenvalue weighted by atomic mass is 16.6. The Morgan fingerprint density at radius 2 is 1.90 bits per heavy atom. The summed E-state index contributed by atoms with van der Waals surface area (Å²) in [5.74, 6) is -0.173. The quantitative estimate of drug-likeness (QED) is 0.760. The molecule has 2 N–H and O–H groups in total. The summed E-state index contributed by atoms with van der Waals surface area (Å²) < 4.78 is 10.7. The van der Waals surface area contributed by atoms with Crippen LogP contribution in [0.15, 0.2) is 35.5 Å². The molecule has 0 fully saturated rings. The number of ether oxygens (including phenoxy) is 2. The van der Waals surface area contributed by atoms with Crippen molar-refractivity contribution in [3.8, 4) is 5.75 Å². The number of aliphatic carboxylic acids is 1. The van der Waals surface area contributed by atoms with E-state index in [1.54, 1.807) is 12.0 Å². The summed E-state index contributed by atoms with van der Waals surface area (Å²) in [6.45, 7) is 8.53. The van der Waals surface area contributed by atoms with Crippen molar-refractivity contribution in [1.82, 2.24) is 15.3 Å². The minimum absolute atomic E-state index is 0.233. The van der Waals surface area contributed by atoms with Crippen LogP contribution >= 0.6 is 0 Å². The number of hydrogen-bond acceptors (Lipinski definition) is 6. The number of benzene rings is 1. The maximum absolute atomic E-state index is 12.6. The number of rotatable bonds is 5. The molecule has 0 spiro atoms. The van der Waals surface area contributed by atoms with Gasteiger partial charge in [0.15, 0.2) is 5.54 Å². The first-order valence-corrected chi connectivity index (χ1v) is 10.2. The van der Waals surface area contributed by atoms with Crippen LogP contribution in [0.1, 0.15) is 46.1 Å². The average molecular weight is 418 g/mol. The van der Waals surface area contributed by atoms with Gasteiger partial charge < -0.3 is 24.5 Å². The summed E-state index contributed by atoms with van der Waals surface area (Å²) in [6.07, 6.45) is 0.507. The van der Waals surface area contributed by atoms with Gasteiger partial charge >= 0.3 is 12.1 Å². The van der Waals surface area contributed by atoms with Gasteiger partial charge in [0.25, 0.3) is 0 Å². The second-order valence-corrected chi connectivity index (χ2v) is 8.69. The summed E-state index contributed by atoms with van der Waals surface area (Å²) in [4.78, 5) is 26.5.